The predicted molar refractivity (Wildman–Crippen MR) is 189 cm³/mol. The molecule has 46 heavy (non-hydrogen) atoms. The standard InChI is InChI=1S/C37H69O8P/c1-3-5-7-9-11-13-15-17-18-20-21-23-25-27-29-31-36(38)43-33-35(34-44-46(40,41)42)45-37(39)32-30-28-26-24-22-19-16-14-12-10-8-6-4-2/h3,19,22,35H,1,4-18,20-21,23-34H2,2H3,(H2,40,41,42)/b22-19+/t35-/m1/s1. The first-order valence-electron chi connectivity index (χ1n) is 18.6. The van der Waals surface area contributed by atoms with Crippen molar-refractivity contribution in [1.82, 2.24) is 0 Å². The van der Waals surface area contributed by atoms with Gasteiger partial charge in [-0.3, -0.25) is 14.1 Å². The highest BCUT2D eigenvalue weighted by Gasteiger charge is 2.22. The smallest absolute Gasteiger partial charge is 0.462 e. The number of allylic oxidation sites excluding steroid dienone is 3. The SMILES string of the molecule is C=CCCCCCCCCCCCCCCCC(=O)OC[C@H](COP(=O)(O)O)OC(=O)CCCCC/C=C/CCCCCCCC. The lowest BCUT2D eigenvalue weighted by Gasteiger charge is -2.18. The molecule has 0 spiro atoms. The van der Waals surface area contributed by atoms with Gasteiger partial charge < -0.3 is 19.3 Å². The lowest BCUT2D eigenvalue weighted by atomic mass is 10.0. The number of hydrogen-bond donors (Lipinski definition) is 2. The van der Waals surface area contributed by atoms with E-state index < -0.39 is 32.5 Å². The van der Waals surface area contributed by atoms with E-state index in [1.54, 1.807) is 0 Å². The Hall–Kier alpha value is -1.47. The summed E-state index contributed by atoms with van der Waals surface area (Å²) in [6.45, 7) is 5.17. The highest BCUT2D eigenvalue weighted by atomic mass is 31.2. The molecule has 1 atom stereocenters. The minimum Gasteiger partial charge on any atom is -0.462 e. The molecule has 9 heteroatoms. The summed E-state index contributed by atoms with van der Waals surface area (Å²) in [6, 6.07) is 0. The molecule has 2 N–H and O–H groups in total. The fourth-order valence-electron chi connectivity index (χ4n) is 5.29. The summed E-state index contributed by atoms with van der Waals surface area (Å²) in [5.74, 6) is -0.903. The zero-order valence-corrected chi connectivity index (χ0v) is 30.2. The first kappa shape index (κ1) is 44.5. The summed E-state index contributed by atoms with van der Waals surface area (Å²) in [5, 5.41) is 0. The fourth-order valence-corrected chi connectivity index (χ4v) is 5.65. The Balaban J connectivity index is 3.96. The summed E-state index contributed by atoms with van der Waals surface area (Å²) in [5.41, 5.74) is 0. The van der Waals surface area contributed by atoms with Crippen LogP contribution in [-0.2, 0) is 28.2 Å². The van der Waals surface area contributed by atoms with Gasteiger partial charge in [0.15, 0.2) is 6.10 Å². The third kappa shape index (κ3) is 35.4. The maximum absolute atomic E-state index is 12.3. The van der Waals surface area contributed by atoms with Crippen molar-refractivity contribution in [1.29, 1.82) is 0 Å². The van der Waals surface area contributed by atoms with Crippen molar-refractivity contribution in [2.75, 3.05) is 13.2 Å². The zero-order chi connectivity index (χ0) is 34.0. The van der Waals surface area contributed by atoms with Crippen molar-refractivity contribution in [2.45, 2.75) is 186 Å². The maximum atomic E-state index is 12.3. The van der Waals surface area contributed by atoms with E-state index in [9.17, 15) is 14.2 Å². The number of carbonyl (C=O) groups is 2. The number of hydrogen-bond acceptors (Lipinski definition) is 6. The molecule has 270 valence electrons. The molecule has 8 nitrogen and oxygen atoms in total. The normalized spacial score (nSPS) is 12.4. The second-order valence-corrected chi connectivity index (χ2v) is 13.9. The molecule has 0 aliphatic rings. The Morgan fingerprint density at radius 3 is 1.50 bits per heavy atom. The number of phosphoric acid groups is 1. The van der Waals surface area contributed by atoms with Crippen LogP contribution in [0.5, 0.6) is 0 Å². The third-order valence-corrected chi connectivity index (χ3v) is 8.57. The van der Waals surface area contributed by atoms with Gasteiger partial charge in [-0.2, -0.15) is 0 Å². The van der Waals surface area contributed by atoms with Crippen molar-refractivity contribution in [3.05, 3.63) is 24.8 Å². The van der Waals surface area contributed by atoms with Gasteiger partial charge in [0, 0.05) is 12.8 Å². The minimum atomic E-state index is -4.75. The van der Waals surface area contributed by atoms with E-state index in [1.807, 2.05) is 6.08 Å². The molecule has 0 bridgehead atoms. The lowest BCUT2D eigenvalue weighted by molar-refractivity contribution is -0.161. The van der Waals surface area contributed by atoms with Crippen LogP contribution in [0.3, 0.4) is 0 Å². The number of phosphoric ester groups is 1. The zero-order valence-electron chi connectivity index (χ0n) is 29.3. The van der Waals surface area contributed by atoms with Gasteiger partial charge in [0.2, 0.25) is 0 Å². The van der Waals surface area contributed by atoms with Crippen molar-refractivity contribution in [2.24, 2.45) is 0 Å². The average molecular weight is 673 g/mol. The molecule has 0 aliphatic heterocycles. The Morgan fingerprint density at radius 1 is 0.609 bits per heavy atom. The van der Waals surface area contributed by atoms with Crippen LogP contribution in [0.25, 0.3) is 0 Å². The molecule has 0 aromatic rings. The van der Waals surface area contributed by atoms with E-state index in [2.05, 4.69) is 30.2 Å². The van der Waals surface area contributed by atoms with Crippen molar-refractivity contribution >= 4 is 19.8 Å². The topological polar surface area (TPSA) is 119 Å². The molecule has 0 aromatic carbocycles. The van der Waals surface area contributed by atoms with Crippen molar-refractivity contribution in [3.63, 3.8) is 0 Å². The van der Waals surface area contributed by atoms with Crippen LogP contribution in [0.2, 0.25) is 0 Å². The molecule has 0 saturated heterocycles. The maximum Gasteiger partial charge on any atom is 0.469 e. The first-order chi connectivity index (χ1) is 22.3. The molecule has 0 fully saturated rings. The molecule has 0 amide bonds. The van der Waals surface area contributed by atoms with Crippen LogP contribution in [0.1, 0.15) is 180 Å². The van der Waals surface area contributed by atoms with E-state index in [1.165, 1.54) is 103 Å². The molecular weight excluding hydrogens is 603 g/mol. The Kier molecular flexibility index (Phi) is 32.4. The Morgan fingerprint density at radius 2 is 1.02 bits per heavy atom. The van der Waals surface area contributed by atoms with Gasteiger partial charge in [0.25, 0.3) is 0 Å². The van der Waals surface area contributed by atoms with Crippen LogP contribution < -0.4 is 0 Å². The van der Waals surface area contributed by atoms with Gasteiger partial charge in [-0.15, -0.1) is 6.58 Å². The van der Waals surface area contributed by atoms with Crippen LogP contribution in [0.4, 0.5) is 0 Å². The van der Waals surface area contributed by atoms with Crippen LogP contribution >= 0.6 is 7.82 Å². The number of esters is 2. The van der Waals surface area contributed by atoms with Gasteiger partial charge >= 0.3 is 19.8 Å². The molecule has 0 radical (unpaired) electrons. The highest BCUT2D eigenvalue weighted by molar-refractivity contribution is 7.46. The number of carbonyl (C=O) groups excluding carboxylic acids is 2. The first-order valence-corrected chi connectivity index (χ1v) is 20.1. The van der Waals surface area contributed by atoms with E-state index in [0.29, 0.717) is 6.42 Å². The molecule has 0 aromatic heterocycles. The largest absolute Gasteiger partial charge is 0.469 e. The van der Waals surface area contributed by atoms with E-state index in [4.69, 9.17) is 19.3 Å². The second kappa shape index (κ2) is 33.4. The number of unbranched alkanes of at least 4 members (excludes halogenated alkanes) is 22. The average Bonchev–Trinajstić information content (AvgIpc) is 3.02. The summed E-state index contributed by atoms with van der Waals surface area (Å²) in [4.78, 5) is 42.6. The summed E-state index contributed by atoms with van der Waals surface area (Å²) in [7, 11) is -4.75. The summed E-state index contributed by atoms with van der Waals surface area (Å²) in [6.07, 6.45) is 35.1. The van der Waals surface area contributed by atoms with E-state index >= 15 is 0 Å². The number of rotatable bonds is 35. The summed E-state index contributed by atoms with van der Waals surface area (Å²) < 4.78 is 26.3. The minimum absolute atomic E-state index is 0.193. The quantitative estimate of drug-likeness (QED) is 0.0295. The van der Waals surface area contributed by atoms with Crippen LogP contribution in [0, 0.1) is 0 Å². The summed E-state index contributed by atoms with van der Waals surface area (Å²) >= 11 is 0. The molecule has 0 aliphatic carbocycles. The van der Waals surface area contributed by atoms with Gasteiger partial charge in [-0.25, -0.2) is 4.57 Å². The van der Waals surface area contributed by atoms with E-state index in [0.717, 1.165) is 51.4 Å². The van der Waals surface area contributed by atoms with Gasteiger partial charge in [0.1, 0.15) is 6.61 Å². The van der Waals surface area contributed by atoms with Crippen molar-refractivity contribution < 1.29 is 37.9 Å². The Labute approximate surface area is 281 Å². The van der Waals surface area contributed by atoms with Crippen LogP contribution in [-0.4, -0.2) is 41.0 Å². The molecule has 0 saturated carbocycles. The van der Waals surface area contributed by atoms with Crippen molar-refractivity contribution in [3.8, 4) is 0 Å². The highest BCUT2D eigenvalue weighted by Crippen LogP contribution is 2.36. The molecule has 0 rings (SSSR count). The van der Waals surface area contributed by atoms with Gasteiger partial charge in [-0.05, 0) is 51.4 Å². The molecular formula is C37H69O8P. The fraction of sp³-hybridized carbons (Fsp3) is 0.838. The predicted octanol–water partition coefficient (Wildman–Crippen LogP) is 10.8. The molecule has 0 heterocycles. The van der Waals surface area contributed by atoms with E-state index in [-0.39, 0.29) is 19.4 Å². The third-order valence-electron chi connectivity index (χ3n) is 8.09. The molecule has 0 unspecified atom stereocenters. The van der Waals surface area contributed by atoms with Gasteiger partial charge in [-0.1, -0.05) is 134 Å². The second-order valence-electron chi connectivity index (χ2n) is 12.6. The lowest BCUT2D eigenvalue weighted by Crippen LogP contribution is -2.29. The van der Waals surface area contributed by atoms with Gasteiger partial charge in [0.05, 0.1) is 6.61 Å². The monoisotopic (exact) mass is 672 g/mol. The Bertz CT molecular complexity index is 794. The van der Waals surface area contributed by atoms with Crippen LogP contribution in [0.15, 0.2) is 24.8 Å². The number of ether oxygens (including phenoxy) is 2.